The van der Waals surface area contributed by atoms with Crippen LogP contribution in [0.4, 0.5) is 0 Å². The van der Waals surface area contributed by atoms with E-state index in [9.17, 15) is 8.42 Å². The summed E-state index contributed by atoms with van der Waals surface area (Å²) in [6.45, 7) is 0.676. The molecule has 0 amide bonds. The molecule has 0 fully saturated rings. The molecule has 0 aliphatic heterocycles. The van der Waals surface area contributed by atoms with Crippen LogP contribution in [0.3, 0.4) is 0 Å². The lowest BCUT2D eigenvalue weighted by molar-refractivity contribution is 0.264. The van der Waals surface area contributed by atoms with Gasteiger partial charge in [0.1, 0.15) is 0 Å². The van der Waals surface area contributed by atoms with E-state index in [1.807, 2.05) is 0 Å². The fraction of sp³-hybridized carbons (Fsp3) is 1.00. The first-order valence-corrected chi connectivity index (χ1v) is 4.19. The highest BCUT2D eigenvalue weighted by Gasteiger charge is 2.01. The molecule has 0 aromatic heterocycles. The zero-order valence-electron chi connectivity index (χ0n) is 5.70. The lowest BCUT2D eigenvalue weighted by atomic mass is 10.5. The van der Waals surface area contributed by atoms with Crippen LogP contribution in [0.25, 0.3) is 0 Å². The van der Waals surface area contributed by atoms with Gasteiger partial charge in [0.2, 0.25) is 0 Å². The first-order valence-electron chi connectivity index (χ1n) is 2.82. The van der Waals surface area contributed by atoms with Gasteiger partial charge in [0.25, 0.3) is 0 Å². The van der Waals surface area contributed by atoms with Crippen molar-refractivity contribution >= 4 is 10.4 Å². The van der Waals surface area contributed by atoms with E-state index in [1.54, 1.807) is 7.05 Å². The Morgan fingerprint density at radius 3 is 2.60 bits per heavy atom. The third kappa shape index (κ3) is 7.83. The normalized spacial score (nSPS) is 11.8. The summed E-state index contributed by atoms with van der Waals surface area (Å²) < 4.78 is 31.9. The molecule has 0 bridgehead atoms. The SMILES string of the molecule is CNCCCOS(=O)(=O)O. The largest absolute Gasteiger partial charge is 0.397 e. The predicted molar refractivity (Wildman–Crippen MR) is 36.0 cm³/mol. The van der Waals surface area contributed by atoms with Crippen molar-refractivity contribution in [2.45, 2.75) is 6.42 Å². The van der Waals surface area contributed by atoms with Gasteiger partial charge < -0.3 is 5.32 Å². The third-order valence-electron chi connectivity index (χ3n) is 0.803. The molecular formula is C4H11NO4S. The number of nitrogens with one attached hydrogen (secondary N) is 1. The number of hydrogen-bond acceptors (Lipinski definition) is 4. The van der Waals surface area contributed by atoms with Crippen molar-refractivity contribution in [3.05, 3.63) is 0 Å². The maximum Gasteiger partial charge on any atom is 0.397 e. The van der Waals surface area contributed by atoms with Gasteiger partial charge in [-0.2, -0.15) is 8.42 Å². The van der Waals surface area contributed by atoms with E-state index in [0.717, 1.165) is 0 Å². The Morgan fingerprint density at radius 2 is 2.20 bits per heavy atom. The van der Waals surface area contributed by atoms with Crippen molar-refractivity contribution in [3.8, 4) is 0 Å². The highest BCUT2D eigenvalue weighted by molar-refractivity contribution is 7.80. The third-order valence-corrected chi connectivity index (χ3v) is 1.27. The molecule has 0 aliphatic carbocycles. The van der Waals surface area contributed by atoms with Gasteiger partial charge in [-0.05, 0) is 20.0 Å². The molecule has 62 valence electrons. The average Bonchev–Trinajstić information content (AvgIpc) is 1.78. The van der Waals surface area contributed by atoms with Crippen molar-refractivity contribution in [2.75, 3.05) is 20.2 Å². The van der Waals surface area contributed by atoms with Crippen LogP contribution >= 0.6 is 0 Å². The van der Waals surface area contributed by atoms with E-state index in [4.69, 9.17) is 4.55 Å². The summed E-state index contributed by atoms with van der Waals surface area (Å²) in [6, 6.07) is 0. The molecule has 0 aromatic carbocycles. The second kappa shape index (κ2) is 4.62. The molecule has 0 heterocycles. The topological polar surface area (TPSA) is 75.6 Å². The Kier molecular flexibility index (Phi) is 4.54. The summed E-state index contributed by atoms with van der Waals surface area (Å²) in [4.78, 5) is 0. The second-order valence-corrected chi connectivity index (χ2v) is 2.80. The average molecular weight is 169 g/mol. The van der Waals surface area contributed by atoms with Crippen LogP contribution in [0.15, 0.2) is 0 Å². The van der Waals surface area contributed by atoms with Gasteiger partial charge in [0.15, 0.2) is 0 Å². The molecular weight excluding hydrogens is 158 g/mol. The van der Waals surface area contributed by atoms with E-state index in [0.29, 0.717) is 13.0 Å². The maximum absolute atomic E-state index is 9.91. The maximum atomic E-state index is 9.91. The van der Waals surface area contributed by atoms with Gasteiger partial charge in [-0.3, -0.25) is 4.55 Å². The zero-order chi connectivity index (χ0) is 8.04. The van der Waals surface area contributed by atoms with Crippen LogP contribution in [-0.4, -0.2) is 33.2 Å². The molecule has 0 saturated heterocycles. The molecule has 5 nitrogen and oxygen atoms in total. The van der Waals surface area contributed by atoms with Crippen LogP contribution in [0.5, 0.6) is 0 Å². The standard InChI is InChI=1S/C4H11NO4S/c1-5-3-2-4-9-10(6,7)8/h5H,2-4H2,1H3,(H,6,7,8). The first-order chi connectivity index (χ1) is 4.56. The predicted octanol–water partition coefficient (Wildman–Crippen LogP) is -0.585. The van der Waals surface area contributed by atoms with Crippen LogP contribution in [0.1, 0.15) is 6.42 Å². The molecule has 0 spiro atoms. The van der Waals surface area contributed by atoms with Gasteiger partial charge in [0, 0.05) is 0 Å². The van der Waals surface area contributed by atoms with E-state index in [2.05, 4.69) is 9.50 Å². The first kappa shape index (κ1) is 9.83. The highest BCUT2D eigenvalue weighted by Crippen LogP contribution is 1.87. The van der Waals surface area contributed by atoms with Crippen molar-refractivity contribution in [3.63, 3.8) is 0 Å². The minimum Gasteiger partial charge on any atom is -0.320 e. The monoisotopic (exact) mass is 169 g/mol. The van der Waals surface area contributed by atoms with Gasteiger partial charge in [-0.1, -0.05) is 0 Å². The van der Waals surface area contributed by atoms with Crippen molar-refractivity contribution in [2.24, 2.45) is 0 Å². The Hall–Kier alpha value is -0.170. The quantitative estimate of drug-likeness (QED) is 0.425. The van der Waals surface area contributed by atoms with Gasteiger partial charge in [-0.15, -0.1) is 0 Å². The summed E-state index contributed by atoms with van der Waals surface area (Å²) >= 11 is 0. The van der Waals surface area contributed by atoms with Gasteiger partial charge in [0.05, 0.1) is 6.61 Å². The fourth-order valence-corrected chi connectivity index (χ4v) is 0.742. The summed E-state index contributed by atoms with van der Waals surface area (Å²) in [5.41, 5.74) is 0. The van der Waals surface area contributed by atoms with Gasteiger partial charge in [-0.25, -0.2) is 4.18 Å². The second-order valence-electron chi connectivity index (χ2n) is 1.71. The summed E-state index contributed by atoms with van der Waals surface area (Å²) in [5.74, 6) is 0. The molecule has 10 heavy (non-hydrogen) atoms. The molecule has 0 unspecified atom stereocenters. The summed E-state index contributed by atoms with van der Waals surface area (Å²) in [5, 5.41) is 2.80. The highest BCUT2D eigenvalue weighted by atomic mass is 32.3. The molecule has 0 saturated carbocycles. The minimum absolute atomic E-state index is 0.0136. The summed E-state index contributed by atoms with van der Waals surface area (Å²) in [6.07, 6.45) is 0.552. The lowest BCUT2D eigenvalue weighted by Gasteiger charge is -1.97. The Morgan fingerprint density at radius 1 is 1.60 bits per heavy atom. The van der Waals surface area contributed by atoms with E-state index < -0.39 is 10.4 Å². The van der Waals surface area contributed by atoms with E-state index in [1.165, 1.54) is 0 Å². The molecule has 2 N–H and O–H groups in total. The minimum atomic E-state index is -4.23. The van der Waals surface area contributed by atoms with E-state index >= 15 is 0 Å². The molecule has 0 atom stereocenters. The Bertz CT molecular complexity index is 164. The van der Waals surface area contributed by atoms with Crippen molar-refractivity contribution in [1.82, 2.24) is 5.32 Å². The molecule has 0 aliphatic rings. The summed E-state index contributed by atoms with van der Waals surface area (Å²) in [7, 11) is -2.49. The lowest BCUT2D eigenvalue weighted by Crippen LogP contribution is -2.12. The number of rotatable bonds is 5. The van der Waals surface area contributed by atoms with Crippen LogP contribution in [0, 0.1) is 0 Å². The zero-order valence-corrected chi connectivity index (χ0v) is 6.52. The molecule has 0 rings (SSSR count). The van der Waals surface area contributed by atoms with Crippen LogP contribution in [-0.2, 0) is 14.6 Å². The molecule has 6 heteroatoms. The number of hydrogen-bond donors (Lipinski definition) is 2. The van der Waals surface area contributed by atoms with Crippen molar-refractivity contribution < 1.29 is 17.2 Å². The van der Waals surface area contributed by atoms with Crippen LogP contribution in [0.2, 0.25) is 0 Å². The molecule has 0 aromatic rings. The smallest absolute Gasteiger partial charge is 0.320 e. The van der Waals surface area contributed by atoms with E-state index in [-0.39, 0.29) is 6.61 Å². The Balaban J connectivity index is 3.21. The molecule has 0 radical (unpaired) electrons. The Labute approximate surface area is 60.3 Å². The van der Waals surface area contributed by atoms with Crippen LogP contribution < -0.4 is 5.32 Å². The van der Waals surface area contributed by atoms with Crippen molar-refractivity contribution in [1.29, 1.82) is 0 Å². The van der Waals surface area contributed by atoms with Gasteiger partial charge >= 0.3 is 10.4 Å². The fourth-order valence-electron chi connectivity index (χ4n) is 0.413.